The van der Waals surface area contributed by atoms with Gasteiger partial charge in [-0.1, -0.05) is 18.2 Å². The Morgan fingerprint density at radius 2 is 2.06 bits per heavy atom. The standard InChI is InChI=1S/C12H11ClN4/c1-7(2)8(3)17-12-9-4-11(13)14-5-10(9)15-6-16-12/h4-6H,1H2,2-3H3. The van der Waals surface area contributed by atoms with Gasteiger partial charge in [-0.25, -0.2) is 19.9 Å². The Morgan fingerprint density at radius 1 is 1.29 bits per heavy atom. The lowest BCUT2D eigenvalue weighted by Gasteiger charge is -2.02. The van der Waals surface area contributed by atoms with E-state index in [4.69, 9.17) is 11.6 Å². The van der Waals surface area contributed by atoms with Crippen molar-refractivity contribution in [1.82, 2.24) is 15.0 Å². The molecule has 0 aromatic carbocycles. The van der Waals surface area contributed by atoms with Crippen LogP contribution >= 0.6 is 11.6 Å². The van der Waals surface area contributed by atoms with E-state index in [1.165, 1.54) is 6.33 Å². The summed E-state index contributed by atoms with van der Waals surface area (Å²) in [6, 6.07) is 1.71. The summed E-state index contributed by atoms with van der Waals surface area (Å²) >= 11 is 5.86. The van der Waals surface area contributed by atoms with Gasteiger partial charge in [-0.05, 0) is 25.5 Å². The van der Waals surface area contributed by atoms with Gasteiger partial charge in [-0.2, -0.15) is 0 Å². The third-order valence-electron chi connectivity index (χ3n) is 2.36. The van der Waals surface area contributed by atoms with E-state index in [1.807, 2.05) is 13.8 Å². The van der Waals surface area contributed by atoms with Crippen LogP contribution in [0.3, 0.4) is 0 Å². The Bertz CT molecular complexity index is 619. The van der Waals surface area contributed by atoms with Gasteiger partial charge in [0, 0.05) is 11.1 Å². The molecule has 0 unspecified atom stereocenters. The number of nitrogens with zero attached hydrogens (tertiary/aromatic N) is 4. The SMILES string of the molecule is C=C(C)C(C)=Nc1ncnc2cnc(Cl)cc12. The van der Waals surface area contributed by atoms with Crippen molar-refractivity contribution in [1.29, 1.82) is 0 Å². The molecule has 0 N–H and O–H groups in total. The molecule has 0 amide bonds. The molecule has 2 aromatic rings. The molecule has 86 valence electrons. The van der Waals surface area contributed by atoms with E-state index < -0.39 is 0 Å². The highest BCUT2D eigenvalue weighted by molar-refractivity contribution is 6.30. The minimum Gasteiger partial charge on any atom is -0.242 e. The summed E-state index contributed by atoms with van der Waals surface area (Å²) in [5.74, 6) is 0.583. The van der Waals surface area contributed by atoms with Crippen LogP contribution in [0, 0.1) is 0 Å². The Morgan fingerprint density at radius 3 is 2.76 bits per heavy atom. The summed E-state index contributed by atoms with van der Waals surface area (Å²) in [6.07, 6.45) is 3.07. The summed E-state index contributed by atoms with van der Waals surface area (Å²) in [4.78, 5) is 16.6. The normalized spacial score (nSPS) is 11.8. The van der Waals surface area contributed by atoms with Crippen LogP contribution in [0.4, 0.5) is 5.82 Å². The van der Waals surface area contributed by atoms with E-state index in [2.05, 4.69) is 26.5 Å². The molecule has 2 aromatic heterocycles. The Hall–Kier alpha value is -1.81. The molecule has 0 saturated carbocycles. The maximum Gasteiger partial charge on any atom is 0.163 e. The summed E-state index contributed by atoms with van der Waals surface area (Å²) in [6.45, 7) is 7.62. The van der Waals surface area contributed by atoms with Crippen LogP contribution in [-0.2, 0) is 0 Å². The van der Waals surface area contributed by atoms with E-state index in [0.29, 0.717) is 11.0 Å². The smallest absolute Gasteiger partial charge is 0.163 e. The van der Waals surface area contributed by atoms with Crippen LogP contribution in [-0.4, -0.2) is 20.7 Å². The quantitative estimate of drug-likeness (QED) is 0.603. The molecule has 0 saturated heterocycles. The molecule has 5 heteroatoms. The van der Waals surface area contributed by atoms with Gasteiger partial charge in [0.05, 0.1) is 11.7 Å². The summed E-state index contributed by atoms with van der Waals surface area (Å²) in [5, 5.41) is 1.19. The summed E-state index contributed by atoms with van der Waals surface area (Å²) < 4.78 is 0. The number of allylic oxidation sites excluding steroid dienone is 1. The number of fused-ring (bicyclic) bond motifs is 1. The van der Waals surface area contributed by atoms with Crippen molar-refractivity contribution in [2.75, 3.05) is 0 Å². The Labute approximate surface area is 104 Å². The number of aromatic nitrogens is 3. The highest BCUT2D eigenvalue weighted by Crippen LogP contribution is 2.23. The van der Waals surface area contributed by atoms with E-state index >= 15 is 0 Å². The molecule has 0 spiro atoms. The molecule has 2 rings (SSSR count). The van der Waals surface area contributed by atoms with Crippen molar-refractivity contribution < 1.29 is 0 Å². The van der Waals surface area contributed by atoms with Gasteiger partial charge < -0.3 is 0 Å². The number of pyridine rings is 1. The predicted molar refractivity (Wildman–Crippen MR) is 69.9 cm³/mol. The molecular formula is C12H11ClN4. The molecule has 0 atom stereocenters. The van der Waals surface area contributed by atoms with E-state index in [-0.39, 0.29) is 0 Å². The average molecular weight is 247 g/mol. The van der Waals surface area contributed by atoms with Crippen molar-refractivity contribution in [3.8, 4) is 0 Å². The predicted octanol–water partition coefficient (Wildman–Crippen LogP) is 3.35. The van der Waals surface area contributed by atoms with E-state index in [1.54, 1.807) is 12.3 Å². The van der Waals surface area contributed by atoms with Crippen molar-refractivity contribution in [3.63, 3.8) is 0 Å². The molecule has 2 heterocycles. The largest absolute Gasteiger partial charge is 0.242 e. The number of hydrogen-bond acceptors (Lipinski definition) is 4. The minimum atomic E-state index is 0.400. The molecular weight excluding hydrogens is 236 g/mol. The van der Waals surface area contributed by atoms with Crippen molar-refractivity contribution in [2.45, 2.75) is 13.8 Å². The first-order valence-electron chi connectivity index (χ1n) is 5.05. The molecule has 0 aliphatic rings. The van der Waals surface area contributed by atoms with Gasteiger partial charge in [0.2, 0.25) is 0 Å². The van der Waals surface area contributed by atoms with Gasteiger partial charge in [0.1, 0.15) is 11.5 Å². The first-order valence-corrected chi connectivity index (χ1v) is 5.43. The number of aliphatic imine (C=N–C) groups is 1. The maximum atomic E-state index is 5.86. The highest BCUT2D eigenvalue weighted by Gasteiger charge is 2.04. The molecule has 0 radical (unpaired) electrons. The second-order valence-electron chi connectivity index (χ2n) is 3.70. The third kappa shape index (κ3) is 2.47. The first kappa shape index (κ1) is 11.7. The van der Waals surface area contributed by atoms with Crippen LogP contribution in [0.15, 0.2) is 35.7 Å². The minimum absolute atomic E-state index is 0.400. The zero-order chi connectivity index (χ0) is 12.4. The van der Waals surface area contributed by atoms with Gasteiger partial charge in [-0.3, -0.25) is 0 Å². The second kappa shape index (κ2) is 4.59. The average Bonchev–Trinajstić information content (AvgIpc) is 2.29. The van der Waals surface area contributed by atoms with Crippen molar-refractivity contribution >= 4 is 34.0 Å². The highest BCUT2D eigenvalue weighted by atomic mass is 35.5. The van der Waals surface area contributed by atoms with Gasteiger partial charge in [0.15, 0.2) is 5.82 Å². The van der Waals surface area contributed by atoms with Crippen LogP contribution in [0.2, 0.25) is 5.15 Å². The molecule has 4 nitrogen and oxygen atoms in total. The lowest BCUT2D eigenvalue weighted by Crippen LogP contribution is -1.92. The van der Waals surface area contributed by atoms with E-state index in [9.17, 15) is 0 Å². The first-order chi connectivity index (χ1) is 8.08. The number of halogens is 1. The number of hydrogen-bond donors (Lipinski definition) is 0. The van der Waals surface area contributed by atoms with Gasteiger partial charge >= 0.3 is 0 Å². The van der Waals surface area contributed by atoms with Crippen LogP contribution in [0.1, 0.15) is 13.8 Å². The van der Waals surface area contributed by atoms with Crippen molar-refractivity contribution in [2.24, 2.45) is 4.99 Å². The zero-order valence-corrected chi connectivity index (χ0v) is 10.4. The summed E-state index contributed by atoms with van der Waals surface area (Å²) in [5.41, 5.74) is 2.45. The van der Waals surface area contributed by atoms with E-state index in [0.717, 1.165) is 22.2 Å². The van der Waals surface area contributed by atoms with Crippen molar-refractivity contribution in [3.05, 3.63) is 35.9 Å². The Kier molecular flexibility index (Phi) is 3.15. The van der Waals surface area contributed by atoms with Gasteiger partial charge in [0.25, 0.3) is 0 Å². The number of rotatable bonds is 2. The van der Waals surface area contributed by atoms with Crippen LogP contribution in [0.25, 0.3) is 10.9 Å². The van der Waals surface area contributed by atoms with Crippen LogP contribution in [0.5, 0.6) is 0 Å². The fourth-order valence-corrected chi connectivity index (χ4v) is 1.42. The third-order valence-corrected chi connectivity index (χ3v) is 2.57. The molecule has 0 aliphatic heterocycles. The lowest BCUT2D eigenvalue weighted by molar-refractivity contribution is 1.18. The summed E-state index contributed by atoms with van der Waals surface area (Å²) in [7, 11) is 0. The molecule has 0 aliphatic carbocycles. The fraction of sp³-hybridized carbons (Fsp3) is 0.167. The fourth-order valence-electron chi connectivity index (χ4n) is 1.26. The molecule has 0 bridgehead atoms. The lowest BCUT2D eigenvalue weighted by atomic mass is 10.2. The molecule has 17 heavy (non-hydrogen) atoms. The van der Waals surface area contributed by atoms with Gasteiger partial charge in [-0.15, -0.1) is 0 Å². The molecule has 0 fully saturated rings. The maximum absolute atomic E-state index is 5.86. The Balaban J connectivity index is 2.65. The monoisotopic (exact) mass is 246 g/mol. The topological polar surface area (TPSA) is 51.0 Å². The zero-order valence-electron chi connectivity index (χ0n) is 9.61. The second-order valence-corrected chi connectivity index (χ2v) is 4.09. The van der Waals surface area contributed by atoms with Crippen LogP contribution < -0.4 is 0 Å².